The lowest BCUT2D eigenvalue weighted by atomic mass is 10.1. The highest BCUT2D eigenvalue weighted by molar-refractivity contribution is 6.31. The van der Waals surface area contributed by atoms with Crippen molar-refractivity contribution in [3.8, 4) is 11.8 Å². The molecule has 0 saturated heterocycles. The van der Waals surface area contributed by atoms with Gasteiger partial charge in [-0.2, -0.15) is 5.26 Å². The number of benzene rings is 1. The molecule has 1 rings (SSSR count). The van der Waals surface area contributed by atoms with Gasteiger partial charge in [0.1, 0.15) is 11.8 Å². The van der Waals surface area contributed by atoms with Gasteiger partial charge in [-0.15, -0.1) is 0 Å². The predicted molar refractivity (Wildman–Crippen MR) is 52.7 cm³/mol. The van der Waals surface area contributed by atoms with Gasteiger partial charge < -0.3 is 4.74 Å². The number of aryl methyl sites for hydroxylation is 1. The molecule has 0 atom stereocenters. The number of carbonyl (C=O) groups excluding carboxylic acids is 1. The third kappa shape index (κ3) is 1.86. The molecule has 1 aromatic rings. The van der Waals surface area contributed by atoms with Crippen molar-refractivity contribution < 1.29 is 9.53 Å². The number of rotatable bonds is 2. The van der Waals surface area contributed by atoms with Crippen LogP contribution in [0.15, 0.2) is 12.1 Å². The third-order valence-corrected chi connectivity index (χ3v) is 2.01. The summed E-state index contributed by atoms with van der Waals surface area (Å²) < 4.78 is 5.02. The van der Waals surface area contributed by atoms with E-state index in [1.807, 2.05) is 0 Å². The summed E-state index contributed by atoms with van der Waals surface area (Å²) in [6, 6.07) is 4.64. The van der Waals surface area contributed by atoms with Gasteiger partial charge in [-0.3, -0.25) is 4.79 Å². The van der Waals surface area contributed by atoms with E-state index in [0.29, 0.717) is 10.8 Å². The molecule has 0 amide bonds. The Morgan fingerprint density at radius 3 is 2.71 bits per heavy atom. The van der Waals surface area contributed by atoms with E-state index in [4.69, 9.17) is 21.6 Å². The van der Waals surface area contributed by atoms with E-state index >= 15 is 0 Å². The Morgan fingerprint density at radius 2 is 2.21 bits per heavy atom. The fourth-order valence-corrected chi connectivity index (χ4v) is 1.50. The number of methoxy groups -OCH3 is 1. The minimum atomic E-state index is -0.646. The van der Waals surface area contributed by atoms with Gasteiger partial charge in [0.2, 0.25) is 0 Å². The summed E-state index contributed by atoms with van der Waals surface area (Å²) in [7, 11) is 1.45. The molecule has 0 aromatic heterocycles. The average molecular weight is 210 g/mol. The first-order valence-corrected chi connectivity index (χ1v) is 4.26. The molecule has 0 bridgehead atoms. The number of hydrogen-bond acceptors (Lipinski definition) is 3. The van der Waals surface area contributed by atoms with Gasteiger partial charge in [0.25, 0.3) is 5.78 Å². The minimum absolute atomic E-state index is 0.208. The van der Waals surface area contributed by atoms with Crippen LogP contribution in [0.4, 0.5) is 0 Å². The van der Waals surface area contributed by atoms with Crippen molar-refractivity contribution in [3.63, 3.8) is 0 Å². The maximum absolute atomic E-state index is 11.2. The second-order valence-corrected chi connectivity index (χ2v) is 3.18. The number of halogens is 1. The number of ketones is 1. The first-order chi connectivity index (χ1) is 6.60. The van der Waals surface area contributed by atoms with E-state index in [1.165, 1.54) is 19.2 Å². The summed E-state index contributed by atoms with van der Waals surface area (Å²) >= 11 is 5.76. The summed E-state index contributed by atoms with van der Waals surface area (Å²) in [6.07, 6.45) is 0. The van der Waals surface area contributed by atoms with Crippen LogP contribution < -0.4 is 4.74 Å². The van der Waals surface area contributed by atoms with Gasteiger partial charge in [-0.25, -0.2) is 0 Å². The first-order valence-electron chi connectivity index (χ1n) is 3.88. The largest absolute Gasteiger partial charge is 0.496 e. The van der Waals surface area contributed by atoms with Crippen molar-refractivity contribution >= 4 is 17.4 Å². The van der Waals surface area contributed by atoms with Gasteiger partial charge in [0, 0.05) is 5.02 Å². The molecule has 1 aromatic carbocycles. The predicted octanol–water partition coefficient (Wildman–Crippen LogP) is 2.36. The lowest BCUT2D eigenvalue weighted by Crippen LogP contribution is -2.01. The van der Waals surface area contributed by atoms with Gasteiger partial charge in [-0.1, -0.05) is 11.6 Å². The van der Waals surface area contributed by atoms with E-state index < -0.39 is 5.78 Å². The fraction of sp³-hybridized carbons (Fsp3) is 0.200. The minimum Gasteiger partial charge on any atom is -0.496 e. The monoisotopic (exact) mass is 209 g/mol. The Kier molecular flexibility index (Phi) is 3.10. The molecule has 0 radical (unpaired) electrons. The average Bonchev–Trinajstić information content (AvgIpc) is 2.15. The summed E-state index contributed by atoms with van der Waals surface area (Å²) in [5, 5.41) is 8.91. The molecule has 0 N–H and O–H groups in total. The van der Waals surface area contributed by atoms with E-state index in [1.54, 1.807) is 13.0 Å². The molecule has 4 heteroatoms. The molecule has 0 saturated carbocycles. The van der Waals surface area contributed by atoms with Crippen LogP contribution >= 0.6 is 11.6 Å². The highest BCUT2D eigenvalue weighted by atomic mass is 35.5. The van der Waals surface area contributed by atoms with Crippen LogP contribution in [0.3, 0.4) is 0 Å². The highest BCUT2D eigenvalue weighted by Crippen LogP contribution is 2.27. The zero-order valence-corrected chi connectivity index (χ0v) is 8.55. The summed E-state index contributed by atoms with van der Waals surface area (Å²) in [5.41, 5.74) is 0.943. The molecular weight excluding hydrogens is 202 g/mol. The Hall–Kier alpha value is -1.53. The Labute approximate surface area is 86.9 Å². The fourth-order valence-electron chi connectivity index (χ4n) is 1.23. The second-order valence-electron chi connectivity index (χ2n) is 2.74. The van der Waals surface area contributed by atoms with Crippen molar-refractivity contribution in [3.05, 3.63) is 28.3 Å². The maximum atomic E-state index is 11.2. The van der Waals surface area contributed by atoms with E-state index in [9.17, 15) is 4.79 Å². The Bertz CT molecular complexity index is 421. The number of hydrogen-bond donors (Lipinski definition) is 0. The maximum Gasteiger partial charge on any atom is 0.265 e. The summed E-state index contributed by atoms with van der Waals surface area (Å²) in [4.78, 5) is 11.2. The van der Waals surface area contributed by atoms with E-state index in [-0.39, 0.29) is 5.56 Å². The van der Waals surface area contributed by atoms with Crippen molar-refractivity contribution in [2.45, 2.75) is 6.92 Å². The second kappa shape index (κ2) is 4.12. The normalized spacial score (nSPS) is 9.29. The Balaban J connectivity index is 3.41. The van der Waals surface area contributed by atoms with Gasteiger partial charge in [0.05, 0.1) is 12.7 Å². The number of Topliss-reactive ketones (excluding diaryl/α,β-unsaturated/α-hetero) is 1. The van der Waals surface area contributed by atoms with Crippen LogP contribution in [0.2, 0.25) is 5.02 Å². The summed E-state index contributed by atoms with van der Waals surface area (Å²) in [6.45, 7) is 1.76. The quantitative estimate of drug-likeness (QED) is 0.555. The number of nitriles is 1. The molecule has 0 heterocycles. The molecule has 0 aliphatic carbocycles. The van der Waals surface area contributed by atoms with Crippen LogP contribution in [-0.4, -0.2) is 12.9 Å². The Morgan fingerprint density at radius 1 is 1.57 bits per heavy atom. The van der Waals surface area contributed by atoms with Gasteiger partial charge in [-0.05, 0) is 24.6 Å². The lowest BCUT2D eigenvalue weighted by Gasteiger charge is -2.08. The summed E-state index contributed by atoms with van der Waals surface area (Å²) in [5.74, 6) is -0.242. The third-order valence-electron chi connectivity index (χ3n) is 1.79. The van der Waals surface area contributed by atoms with Crippen LogP contribution in [0.25, 0.3) is 0 Å². The zero-order chi connectivity index (χ0) is 10.7. The molecule has 0 unspecified atom stereocenters. The van der Waals surface area contributed by atoms with Crippen molar-refractivity contribution in [2.75, 3.05) is 7.11 Å². The van der Waals surface area contributed by atoms with Crippen LogP contribution in [0, 0.1) is 18.3 Å². The number of nitrogens with zero attached hydrogens (tertiary/aromatic N) is 1. The SMILES string of the molecule is COc1c(C)cc(Cl)cc1C(=O)C#N. The van der Waals surface area contributed by atoms with Crippen LogP contribution in [-0.2, 0) is 0 Å². The molecule has 0 spiro atoms. The molecule has 14 heavy (non-hydrogen) atoms. The van der Waals surface area contributed by atoms with Crippen LogP contribution in [0.1, 0.15) is 15.9 Å². The topological polar surface area (TPSA) is 50.1 Å². The van der Waals surface area contributed by atoms with E-state index in [2.05, 4.69) is 0 Å². The van der Waals surface area contributed by atoms with Gasteiger partial charge in [0.15, 0.2) is 0 Å². The van der Waals surface area contributed by atoms with E-state index in [0.717, 1.165) is 5.56 Å². The number of ether oxygens (including phenoxy) is 1. The molecule has 0 fully saturated rings. The highest BCUT2D eigenvalue weighted by Gasteiger charge is 2.14. The lowest BCUT2D eigenvalue weighted by molar-refractivity contribution is 0.105. The smallest absolute Gasteiger partial charge is 0.265 e. The number of carbonyl (C=O) groups is 1. The van der Waals surface area contributed by atoms with Crippen molar-refractivity contribution in [1.82, 2.24) is 0 Å². The van der Waals surface area contributed by atoms with Gasteiger partial charge >= 0.3 is 0 Å². The van der Waals surface area contributed by atoms with Crippen molar-refractivity contribution in [2.24, 2.45) is 0 Å². The first kappa shape index (κ1) is 10.6. The van der Waals surface area contributed by atoms with Crippen molar-refractivity contribution in [1.29, 1.82) is 5.26 Å². The van der Waals surface area contributed by atoms with Crippen LogP contribution in [0.5, 0.6) is 5.75 Å². The standard InChI is InChI=1S/C10H8ClNO2/c1-6-3-7(11)4-8(9(13)5-12)10(6)14-2/h3-4H,1-2H3. The molecular formula is C10H8ClNO2. The molecule has 72 valence electrons. The molecule has 0 aliphatic heterocycles. The molecule has 0 aliphatic rings. The zero-order valence-electron chi connectivity index (χ0n) is 7.80. The molecule has 3 nitrogen and oxygen atoms in total.